The summed E-state index contributed by atoms with van der Waals surface area (Å²) in [5.41, 5.74) is 2.69. The third-order valence-electron chi connectivity index (χ3n) is 5.52. The maximum Gasteiger partial charge on any atom is 0.248 e. The van der Waals surface area contributed by atoms with Crippen LogP contribution in [-0.4, -0.2) is 48.3 Å². The van der Waals surface area contributed by atoms with Gasteiger partial charge in [0.15, 0.2) is 0 Å². The fourth-order valence-electron chi connectivity index (χ4n) is 3.71. The normalized spacial score (nSPS) is 14.9. The van der Waals surface area contributed by atoms with Crippen molar-refractivity contribution in [1.82, 2.24) is 15.3 Å². The number of hydrogen-bond donors (Lipinski definition) is 3. The molecule has 182 valence electrons. The second-order valence-electron chi connectivity index (χ2n) is 8.03. The standard InChI is InChI=1S/C27H26N6O3/c1-3-18-12-20(8-7-19(18)15-28)32-27-22-13-24(33-26(34)6-5-10-29-4-2)25(14-23(22)30-17-31-27)36-21-9-11-35-16-21/h1,5-8,12-14,17,21,29H,4,9-11,16H2,2H3,(H,33,34)(H,30,31,32)/b6-5+. The molecule has 0 bridgehead atoms. The van der Waals surface area contributed by atoms with Crippen molar-refractivity contribution in [2.24, 2.45) is 0 Å². The zero-order chi connectivity index (χ0) is 25.3. The van der Waals surface area contributed by atoms with Gasteiger partial charge in [-0.05, 0) is 30.8 Å². The van der Waals surface area contributed by atoms with Crippen LogP contribution in [0.15, 0.2) is 48.8 Å². The molecule has 1 aliphatic heterocycles. The third-order valence-corrected chi connectivity index (χ3v) is 5.52. The molecule has 1 aromatic heterocycles. The van der Waals surface area contributed by atoms with Gasteiger partial charge in [-0.1, -0.05) is 18.9 Å². The molecule has 1 fully saturated rings. The number of nitriles is 1. The van der Waals surface area contributed by atoms with Crippen LogP contribution in [0, 0.1) is 23.7 Å². The molecular formula is C27H26N6O3. The first kappa shape index (κ1) is 24.7. The van der Waals surface area contributed by atoms with Crippen LogP contribution in [-0.2, 0) is 9.53 Å². The number of nitrogens with zero attached hydrogens (tertiary/aromatic N) is 3. The monoisotopic (exact) mass is 482 g/mol. The molecule has 9 heteroatoms. The molecule has 2 aromatic carbocycles. The van der Waals surface area contributed by atoms with Crippen LogP contribution < -0.4 is 20.7 Å². The summed E-state index contributed by atoms with van der Waals surface area (Å²) >= 11 is 0. The fourth-order valence-corrected chi connectivity index (χ4v) is 3.71. The lowest BCUT2D eigenvalue weighted by atomic mass is 10.1. The first-order valence-electron chi connectivity index (χ1n) is 11.6. The van der Waals surface area contributed by atoms with Crippen LogP contribution in [0.5, 0.6) is 5.75 Å². The van der Waals surface area contributed by atoms with Gasteiger partial charge in [0.05, 0.1) is 30.0 Å². The molecule has 2 heterocycles. The fraction of sp³-hybridized carbons (Fsp3) is 0.259. The highest BCUT2D eigenvalue weighted by atomic mass is 16.5. The zero-order valence-electron chi connectivity index (χ0n) is 19.9. The summed E-state index contributed by atoms with van der Waals surface area (Å²) in [6.45, 7) is 4.53. The number of anilines is 3. The Hall–Kier alpha value is -4.44. The number of benzene rings is 2. The van der Waals surface area contributed by atoms with Gasteiger partial charge in [0.25, 0.3) is 0 Å². The van der Waals surface area contributed by atoms with Gasteiger partial charge in [-0.3, -0.25) is 4.79 Å². The van der Waals surface area contributed by atoms with Gasteiger partial charge in [-0.15, -0.1) is 6.42 Å². The van der Waals surface area contributed by atoms with Crippen molar-refractivity contribution in [2.45, 2.75) is 19.4 Å². The van der Waals surface area contributed by atoms with E-state index in [0.717, 1.165) is 13.0 Å². The smallest absolute Gasteiger partial charge is 0.248 e. The van der Waals surface area contributed by atoms with E-state index in [1.165, 1.54) is 12.4 Å². The van der Waals surface area contributed by atoms with Crippen molar-refractivity contribution >= 4 is 34.0 Å². The average molecular weight is 483 g/mol. The largest absolute Gasteiger partial charge is 0.486 e. The maximum absolute atomic E-state index is 12.6. The SMILES string of the molecule is C#Cc1cc(Nc2ncnc3cc(OC4CCOC4)c(NC(=O)/C=C/CNCC)cc23)ccc1C#N. The first-order chi connectivity index (χ1) is 17.6. The molecule has 0 spiro atoms. The van der Waals surface area contributed by atoms with Crippen LogP contribution in [0.3, 0.4) is 0 Å². The summed E-state index contributed by atoms with van der Waals surface area (Å²) in [4.78, 5) is 21.4. The molecule has 0 aliphatic carbocycles. The summed E-state index contributed by atoms with van der Waals surface area (Å²) in [5.74, 6) is 3.27. The summed E-state index contributed by atoms with van der Waals surface area (Å²) in [5, 5.41) is 19.2. The number of nitrogens with one attached hydrogen (secondary N) is 3. The molecule has 1 saturated heterocycles. The summed E-state index contributed by atoms with van der Waals surface area (Å²) in [6, 6.07) is 10.8. The Bertz CT molecular complexity index is 1370. The van der Waals surface area contributed by atoms with Crippen LogP contribution >= 0.6 is 0 Å². The highest BCUT2D eigenvalue weighted by molar-refractivity contribution is 6.03. The molecule has 1 atom stereocenters. The molecule has 4 rings (SSSR count). The number of ether oxygens (including phenoxy) is 2. The molecule has 0 saturated carbocycles. The Balaban J connectivity index is 1.68. The maximum atomic E-state index is 12.6. The topological polar surface area (TPSA) is 121 Å². The van der Waals surface area contributed by atoms with E-state index in [9.17, 15) is 10.1 Å². The van der Waals surface area contributed by atoms with Crippen molar-refractivity contribution in [3.05, 3.63) is 59.9 Å². The first-order valence-corrected chi connectivity index (χ1v) is 11.6. The molecule has 1 aliphatic rings. The van der Waals surface area contributed by atoms with E-state index in [1.54, 1.807) is 36.4 Å². The van der Waals surface area contributed by atoms with Gasteiger partial charge >= 0.3 is 0 Å². The average Bonchev–Trinajstić information content (AvgIpc) is 3.40. The number of rotatable bonds is 9. The highest BCUT2D eigenvalue weighted by Crippen LogP contribution is 2.34. The molecule has 1 unspecified atom stereocenters. The molecule has 36 heavy (non-hydrogen) atoms. The lowest BCUT2D eigenvalue weighted by molar-refractivity contribution is -0.111. The van der Waals surface area contributed by atoms with Crippen LogP contribution in [0.2, 0.25) is 0 Å². The van der Waals surface area contributed by atoms with Crippen molar-refractivity contribution in [2.75, 3.05) is 36.9 Å². The van der Waals surface area contributed by atoms with Crippen molar-refractivity contribution < 1.29 is 14.3 Å². The van der Waals surface area contributed by atoms with Crippen molar-refractivity contribution in [3.8, 4) is 24.2 Å². The van der Waals surface area contributed by atoms with Gasteiger partial charge in [-0.2, -0.15) is 5.26 Å². The second kappa shape index (κ2) is 11.8. The quantitative estimate of drug-likeness (QED) is 0.241. The lowest BCUT2D eigenvalue weighted by Crippen LogP contribution is -2.18. The Kier molecular flexibility index (Phi) is 8.09. The minimum Gasteiger partial charge on any atom is -0.486 e. The number of aromatic nitrogens is 2. The molecule has 9 nitrogen and oxygen atoms in total. The highest BCUT2D eigenvalue weighted by Gasteiger charge is 2.20. The van der Waals surface area contributed by atoms with Gasteiger partial charge in [0, 0.05) is 41.7 Å². The predicted octanol–water partition coefficient (Wildman–Crippen LogP) is 3.50. The summed E-state index contributed by atoms with van der Waals surface area (Å²) in [6.07, 6.45) is 10.9. The molecule has 3 N–H and O–H groups in total. The van der Waals surface area contributed by atoms with Crippen LogP contribution in [0.25, 0.3) is 10.9 Å². The number of likely N-dealkylation sites (N-methyl/N-ethyl adjacent to an activating group) is 1. The Morgan fingerprint density at radius 3 is 2.94 bits per heavy atom. The number of carbonyl (C=O) groups excluding carboxylic acids is 1. The predicted molar refractivity (Wildman–Crippen MR) is 138 cm³/mol. The van der Waals surface area contributed by atoms with E-state index in [1.807, 2.05) is 6.92 Å². The van der Waals surface area contributed by atoms with Gasteiger partial charge in [-0.25, -0.2) is 9.97 Å². The molecule has 3 aromatic rings. The minimum atomic E-state index is -0.281. The molecule has 0 radical (unpaired) electrons. The summed E-state index contributed by atoms with van der Waals surface area (Å²) in [7, 11) is 0. The number of fused-ring (bicyclic) bond motifs is 1. The van der Waals surface area contributed by atoms with E-state index in [0.29, 0.717) is 64.7 Å². The molecular weight excluding hydrogens is 456 g/mol. The van der Waals surface area contributed by atoms with Gasteiger partial charge in [0.2, 0.25) is 5.91 Å². The summed E-state index contributed by atoms with van der Waals surface area (Å²) < 4.78 is 11.6. The van der Waals surface area contributed by atoms with E-state index in [-0.39, 0.29) is 12.0 Å². The van der Waals surface area contributed by atoms with Crippen molar-refractivity contribution in [3.63, 3.8) is 0 Å². The molecule has 1 amide bonds. The van der Waals surface area contributed by atoms with Gasteiger partial charge in [0.1, 0.15) is 30.1 Å². The van der Waals surface area contributed by atoms with Crippen LogP contribution in [0.4, 0.5) is 17.2 Å². The van der Waals surface area contributed by atoms with E-state index in [2.05, 4.69) is 37.9 Å². The van der Waals surface area contributed by atoms with Gasteiger partial charge < -0.3 is 25.4 Å². The third kappa shape index (κ3) is 5.97. The number of carbonyl (C=O) groups is 1. The van der Waals surface area contributed by atoms with Crippen LogP contribution in [0.1, 0.15) is 24.5 Å². The van der Waals surface area contributed by atoms with E-state index in [4.69, 9.17) is 15.9 Å². The number of terminal acetylenes is 1. The minimum absolute atomic E-state index is 0.109. The number of amides is 1. The zero-order valence-corrected chi connectivity index (χ0v) is 19.9. The lowest BCUT2D eigenvalue weighted by Gasteiger charge is -2.17. The van der Waals surface area contributed by atoms with E-state index < -0.39 is 0 Å². The second-order valence-corrected chi connectivity index (χ2v) is 8.03. The Morgan fingerprint density at radius 2 is 2.19 bits per heavy atom. The number of hydrogen-bond acceptors (Lipinski definition) is 8. The van der Waals surface area contributed by atoms with E-state index >= 15 is 0 Å². The Morgan fingerprint density at radius 1 is 1.31 bits per heavy atom. The van der Waals surface area contributed by atoms with Crippen molar-refractivity contribution in [1.29, 1.82) is 5.26 Å². The Labute approximate surface area is 209 Å².